The van der Waals surface area contributed by atoms with Gasteiger partial charge in [-0.05, 0) is 30.7 Å². The van der Waals surface area contributed by atoms with Crippen LogP contribution in [0.5, 0.6) is 0 Å². The summed E-state index contributed by atoms with van der Waals surface area (Å²) in [4.78, 5) is 24.5. The first-order chi connectivity index (χ1) is 11.6. The molecule has 24 heavy (non-hydrogen) atoms. The minimum Gasteiger partial charge on any atom is -0.348 e. The van der Waals surface area contributed by atoms with E-state index in [4.69, 9.17) is 11.6 Å². The number of fused-ring (bicyclic) bond motifs is 1. The molecule has 3 rings (SSSR count). The summed E-state index contributed by atoms with van der Waals surface area (Å²) in [5.74, 6) is -0.339. The topological polar surface area (TPSA) is 76.9 Å². The van der Waals surface area contributed by atoms with E-state index in [-0.39, 0.29) is 24.1 Å². The molecule has 6 nitrogen and oxygen atoms in total. The molecule has 1 amide bonds. The van der Waals surface area contributed by atoms with Gasteiger partial charge in [0.1, 0.15) is 12.1 Å². The molecule has 0 aliphatic carbocycles. The van der Waals surface area contributed by atoms with Gasteiger partial charge in [-0.25, -0.2) is 4.68 Å². The second-order valence-electron chi connectivity index (χ2n) is 5.38. The molecule has 1 atom stereocenters. The molecule has 0 fully saturated rings. The molecule has 1 unspecified atom stereocenters. The Morgan fingerprint density at radius 1 is 1.21 bits per heavy atom. The molecule has 0 spiro atoms. The van der Waals surface area contributed by atoms with Crippen LogP contribution in [0.15, 0.2) is 53.3 Å². The molecular weight excluding hydrogens is 328 g/mol. The van der Waals surface area contributed by atoms with Crippen LogP contribution in [0.1, 0.15) is 18.5 Å². The Labute approximate surface area is 143 Å². The quantitative estimate of drug-likeness (QED) is 0.789. The zero-order valence-corrected chi connectivity index (χ0v) is 13.7. The van der Waals surface area contributed by atoms with Crippen LogP contribution in [0.25, 0.3) is 10.9 Å². The van der Waals surface area contributed by atoms with Gasteiger partial charge in [0.25, 0.3) is 5.56 Å². The summed E-state index contributed by atoms with van der Waals surface area (Å²) in [7, 11) is 0. The van der Waals surface area contributed by atoms with Gasteiger partial charge in [0.05, 0.1) is 11.4 Å². The van der Waals surface area contributed by atoms with Gasteiger partial charge in [-0.3, -0.25) is 9.59 Å². The maximum absolute atomic E-state index is 12.3. The monoisotopic (exact) mass is 342 g/mol. The molecule has 2 aromatic carbocycles. The van der Waals surface area contributed by atoms with Gasteiger partial charge in [-0.1, -0.05) is 47.1 Å². The number of hydrogen-bond acceptors (Lipinski definition) is 4. The summed E-state index contributed by atoms with van der Waals surface area (Å²) >= 11 is 6.12. The average molecular weight is 343 g/mol. The van der Waals surface area contributed by atoms with Crippen molar-refractivity contribution in [3.8, 4) is 0 Å². The second kappa shape index (κ2) is 6.80. The number of halogens is 1. The van der Waals surface area contributed by atoms with Crippen LogP contribution < -0.4 is 10.9 Å². The van der Waals surface area contributed by atoms with Gasteiger partial charge < -0.3 is 5.32 Å². The number of nitrogens with one attached hydrogen (secondary N) is 1. The molecular formula is C17H15ClN4O2. The number of carbonyl (C=O) groups excluding carboxylic acids is 1. The van der Waals surface area contributed by atoms with E-state index in [1.54, 1.807) is 30.3 Å². The van der Waals surface area contributed by atoms with Crippen molar-refractivity contribution in [1.82, 2.24) is 20.3 Å². The van der Waals surface area contributed by atoms with Crippen LogP contribution in [0.3, 0.4) is 0 Å². The summed E-state index contributed by atoms with van der Waals surface area (Å²) in [5.41, 5.74) is 0.967. The lowest BCUT2D eigenvalue weighted by Crippen LogP contribution is -2.35. The number of hydrogen-bond donors (Lipinski definition) is 1. The molecule has 3 aromatic rings. The zero-order chi connectivity index (χ0) is 17.1. The van der Waals surface area contributed by atoms with E-state index in [1.807, 2.05) is 25.1 Å². The Morgan fingerprint density at radius 2 is 1.92 bits per heavy atom. The predicted octanol–water partition coefficient (Wildman–Crippen LogP) is 2.32. The van der Waals surface area contributed by atoms with Crippen LogP contribution in [-0.2, 0) is 11.3 Å². The van der Waals surface area contributed by atoms with Gasteiger partial charge in [0.15, 0.2) is 0 Å². The Bertz CT molecular complexity index is 954. The summed E-state index contributed by atoms with van der Waals surface area (Å²) < 4.78 is 1.05. The standard InChI is InChI=1S/C17H15ClN4O2/c1-11(12-6-2-4-8-14(12)18)19-16(23)10-22-17(24)13-7-3-5-9-15(13)20-21-22/h2-9,11H,10H2,1H3,(H,19,23). The van der Waals surface area contributed by atoms with Crippen molar-refractivity contribution in [3.63, 3.8) is 0 Å². The zero-order valence-electron chi connectivity index (χ0n) is 12.9. The lowest BCUT2D eigenvalue weighted by atomic mass is 10.1. The molecule has 0 aliphatic heterocycles. The van der Waals surface area contributed by atoms with Crippen molar-refractivity contribution in [3.05, 3.63) is 69.5 Å². The van der Waals surface area contributed by atoms with Gasteiger partial charge in [0.2, 0.25) is 5.91 Å². The molecule has 122 valence electrons. The predicted molar refractivity (Wildman–Crippen MR) is 91.8 cm³/mol. The molecule has 0 bridgehead atoms. The first-order valence-corrected chi connectivity index (χ1v) is 7.80. The van der Waals surface area contributed by atoms with Crippen molar-refractivity contribution in [1.29, 1.82) is 0 Å². The van der Waals surface area contributed by atoms with Gasteiger partial charge >= 0.3 is 0 Å². The fourth-order valence-electron chi connectivity index (χ4n) is 2.45. The van der Waals surface area contributed by atoms with E-state index in [0.717, 1.165) is 10.2 Å². The molecule has 0 aliphatic rings. The fourth-order valence-corrected chi connectivity index (χ4v) is 2.75. The number of carbonyl (C=O) groups is 1. The number of benzene rings is 2. The van der Waals surface area contributed by atoms with Crippen LogP contribution in [0, 0.1) is 0 Å². The third-order valence-corrected chi connectivity index (χ3v) is 4.02. The number of nitrogens with zero attached hydrogens (tertiary/aromatic N) is 3. The minimum absolute atomic E-state index is 0.203. The van der Waals surface area contributed by atoms with Crippen LogP contribution in [0.4, 0.5) is 0 Å². The number of amides is 1. The van der Waals surface area contributed by atoms with Crippen molar-refractivity contribution in [2.45, 2.75) is 19.5 Å². The van der Waals surface area contributed by atoms with E-state index in [1.165, 1.54) is 0 Å². The van der Waals surface area contributed by atoms with E-state index >= 15 is 0 Å². The van der Waals surface area contributed by atoms with E-state index < -0.39 is 0 Å². The first kappa shape index (κ1) is 16.1. The lowest BCUT2D eigenvalue weighted by molar-refractivity contribution is -0.122. The SMILES string of the molecule is CC(NC(=O)Cn1nnc2ccccc2c1=O)c1ccccc1Cl. The molecule has 1 N–H and O–H groups in total. The molecule has 1 aromatic heterocycles. The summed E-state index contributed by atoms with van der Waals surface area (Å²) in [6.07, 6.45) is 0. The molecule has 7 heteroatoms. The van der Waals surface area contributed by atoms with Crippen LogP contribution in [0.2, 0.25) is 5.02 Å². The minimum atomic E-state index is -0.346. The Kier molecular flexibility index (Phi) is 4.57. The highest BCUT2D eigenvalue weighted by molar-refractivity contribution is 6.31. The third kappa shape index (κ3) is 3.28. The van der Waals surface area contributed by atoms with Crippen LogP contribution in [-0.4, -0.2) is 20.9 Å². The van der Waals surface area contributed by atoms with Gasteiger partial charge in [-0.15, -0.1) is 5.10 Å². The van der Waals surface area contributed by atoms with E-state index in [9.17, 15) is 9.59 Å². The number of rotatable bonds is 4. The maximum Gasteiger partial charge on any atom is 0.278 e. The Morgan fingerprint density at radius 3 is 2.71 bits per heavy atom. The Balaban J connectivity index is 1.77. The Hall–Kier alpha value is -2.73. The van der Waals surface area contributed by atoms with E-state index in [2.05, 4.69) is 15.6 Å². The van der Waals surface area contributed by atoms with Gasteiger partial charge in [0, 0.05) is 5.02 Å². The number of aromatic nitrogens is 3. The van der Waals surface area contributed by atoms with Crippen molar-refractivity contribution in [2.75, 3.05) is 0 Å². The van der Waals surface area contributed by atoms with E-state index in [0.29, 0.717) is 15.9 Å². The van der Waals surface area contributed by atoms with Gasteiger partial charge in [-0.2, -0.15) is 0 Å². The lowest BCUT2D eigenvalue weighted by Gasteiger charge is -2.15. The van der Waals surface area contributed by atoms with Crippen molar-refractivity contribution < 1.29 is 4.79 Å². The highest BCUT2D eigenvalue weighted by atomic mass is 35.5. The van der Waals surface area contributed by atoms with Crippen LogP contribution >= 0.6 is 11.6 Å². The summed E-state index contributed by atoms with van der Waals surface area (Å²) in [6.45, 7) is 1.62. The van der Waals surface area contributed by atoms with Crippen molar-refractivity contribution in [2.24, 2.45) is 0 Å². The summed E-state index contributed by atoms with van der Waals surface area (Å²) in [5, 5.41) is 11.6. The first-order valence-electron chi connectivity index (χ1n) is 7.42. The molecule has 0 saturated carbocycles. The van der Waals surface area contributed by atoms with Crippen molar-refractivity contribution >= 4 is 28.4 Å². The molecule has 0 radical (unpaired) electrons. The maximum atomic E-state index is 12.3. The smallest absolute Gasteiger partial charge is 0.278 e. The largest absolute Gasteiger partial charge is 0.348 e. The fraction of sp³-hybridized carbons (Fsp3) is 0.176. The molecule has 0 saturated heterocycles. The third-order valence-electron chi connectivity index (χ3n) is 3.67. The highest BCUT2D eigenvalue weighted by Crippen LogP contribution is 2.21. The average Bonchev–Trinajstić information content (AvgIpc) is 2.58. The highest BCUT2D eigenvalue weighted by Gasteiger charge is 2.14. The second-order valence-corrected chi connectivity index (χ2v) is 5.79. The summed E-state index contributed by atoms with van der Waals surface area (Å²) in [6, 6.07) is 13.9. The normalized spacial score (nSPS) is 12.1. The molecule has 1 heterocycles.